The molecule has 5 rings (SSSR count). The standard InChI is InChI=1S/C20H24ClN5O2/c1-12-6-19(23-13(2)22-12)25-9-15-8-16(10-25)26(15)11-20(27)24-17-7-14(21)4-5-18(17)28-3/h4-7,15-16H,8-11H2,1-3H3,(H,24,27). The first-order valence-electron chi connectivity index (χ1n) is 9.39. The van der Waals surface area contributed by atoms with Crippen LogP contribution < -0.4 is 15.0 Å². The quantitative estimate of drug-likeness (QED) is 0.830. The normalized spacial score (nSPS) is 21.2. The summed E-state index contributed by atoms with van der Waals surface area (Å²) in [4.78, 5) is 26.1. The number of aryl methyl sites for hydroxylation is 2. The summed E-state index contributed by atoms with van der Waals surface area (Å²) in [6, 6.07) is 7.94. The second-order valence-corrected chi connectivity index (χ2v) is 7.86. The van der Waals surface area contributed by atoms with Gasteiger partial charge in [-0.3, -0.25) is 9.69 Å². The lowest BCUT2D eigenvalue weighted by atomic mass is 9.87. The van der Waals surface area contributed by atoms with Gasteiger partial charge in [0, 0.05) is 42.0 Å². The fraction of sp³-hybridized carbons (Fsp3) is 0.450. The van der Waals surface area contributed by atoms with Gasteiger partial charge in [-0.1, -0.05) is 11.6 Å². The van der Waals surface area contributed by atoms with Crippen LogP contribution in [0.1, 0.15) is 17.9 Å². The van der Waals surface area contributed by atoms with Crippen LogP contribution in [0.4, 0.5) is 11.5 Å². The molecule has 2 aromatic rings. The number of anilines is 2. The minimum absolute atomic E-state index is 0.0579. The Balaban J connectivity index is 1.38. The van der Waals surface area contributed by atoms with Gasteiger partial charge in [-0.25, -0.2) is 9.97 Å². The van der Waals surface area contributed by atoms with Gasteiger partial charge in [-0.15, -0.1) is 0 Å². The van der Waals surface area contributed by atoms with Gasteiger partial charge < -0.3 is 15.0 Å². The minimum atomic E-state index is -0.0579. The molecule has 0 radical (unpaired) electrons. The molecule has 8 heteroatoms. The SMILES string of the molecule is COc1ccc(Cl)cc1NC(=O)CN1C2CC1CN(c1cc(C)nc(C)n1)C2. The number of aromatic nitrogens is 2. The Bertz CT molecular complexity index is 874. The van der Waals surface area contributed by atoms with Crippen molar-refractivity contribution in [2.24, 2.45) is 0 Å². The van der Waals surface area contributed by atoms with Crippen LogP contribution in [0.5, 0.6) is 5.75 Å². The van der Waals surface area contributed by atoms with E-state index in [2.05, 4.69) is 25.1 Å². The van der Waals surface area contributed by atoms with Gasteiger partial charge in [0.15, 0.2) is 0 Å². The molecular weight excluding hydrogens is 378 g/mol. The maximum absolute atomic E-state index is 12.6. The molecule has 148 valence electrons. The summed E-state index contributed by atoms with van der Waals surface area (Å²) in [5.74, 6) is 2.31. The van der Waals surface area contributed by atoms with Crippen molar-refractivity contribution in [3.05, 3.63) is 40.8 Å². The summed E-state index contributed by atoms with van der Waals surface area (Å²) in [6.07, 6.45) is 1.12. The molecule has 0 saturated carbocycles. The lowest BCUT2D eigenvalue weighted by Gasteiger charge is -2.56. The number of rotatable bonds is 5. The van der Waals surface area contributed by atoms with Crippen LogP contribution in [0.15, 0.2) is 24.3 Å². The van der Waals surface area contributed by atoms with Gasteiger partial charge in [0.2, 0.25) is 5.91 Å². The van der Waals surface area contributed by atoms with Crippen molar-refractivity contribution in [3.63, 3.8) is 0 Å². The number of piperidine rings is 1. The van der Waals surface area contributed by atoms with E-state index in [0.29, 0.717) is 35.1 Å². The third kappa shape index (κ3) is 3.77. The van der Waals surface area contributed by atoms with Crippen molar-refractivity contribution in [3.8, 4) is 5.75 Å². The number of carbonyl (C=O) groups is 1. The zero-order chi connectivity index (χ0) is 19.8. The number of nitrogens with one attached hydrogen (secondary N) is 1. The van der Waals surface area contributed by atoms with Crippen molar-refractivity contribution in [1.29, 1.82) is 0 Å². The Kier molecular flexibility index (Phi) is 5.12. The van der Waals surface area contributed by atoms with Gasteiger partial charge in [-0.2, -0.15) is 0 Å². The summed E-state index contributed by atoms with van der Waals surface area (Å²) >= 11 is 6.04. The van der Waals surface area contributed by atoms with Crippen LogP contribution in [0.2, 0.25) is 5.02 Å². The van der Waals surface area contributed by atoms with Gasteiger partial charge in [-0.05, 0) is 38.5 Å². The van der Waals surface area contributed by atoms with Crippen molar-refractivity contribution in [2.45, 2.75) is 32.4 Å². The molecule has 0 aliphatic carbocycles. The lowest BCUT2D eigenvalue weighted by Crippen LogP contribution is -2.69. The Morgan fingerprint density at radius 3 is 2.68 bits per heavy atom. The van der Waals surface area contributed by atoms with E-state index in [-0.39, 0.29) is 5.91 Å². The molecule has 4 heterocycles. The van der Waals surface area contributed by atoms with E-state index in [0.717, 1.165) is 36.8 Å². The van der Waals surface area contributed by atoms with Crippen molar-refractivity contribution < 1.29 is 9.53 Å². The number of benzene rings is 1. The summed E-state index contributed by atoms with van der Waals surface area (Å²) in [5.41, 5.74) is 1.58. The van der Waals surface area contributed by atoms with E-state index < -0.39 is 0 Å². The Morgan fingerprint density at radius 1 is 1.25 bits per heavy atom. The Hall–Kier alpha value is -2.38. The molecule has 1 aromatic carbocycles. The molecule has 2 bridgehead atoms. The highest BCUT2D eigenvalue weighted by Crippen LogP contribution is 2.34. The second-order valence-electron chi connectivity index (χ2n) is 7.43. The highest BCUT2D eigenvalue weighted by Gasteiger charge is 2.45. The second kappa shape index (κ2) is 7.56. The van der Waals surface area contributed by atoms with Crippen LogP contribution in [-0.4, -0.2) is 59.6 Å². The number of piperazine rings is 1. The van der Waals surface area contributed by atoms with E-state index in [1.165, 1.54) is 0 Å². The predicted octanol–water partition coefficient (Wildman–Crippen LogP) is 2.66. The van der Waals surface area contributed by atoms with Gasteiger partial charge >= 0.3 is 0 Å². The molecule has 0 spiro atoms. The zero-order valence-corrected chi connectivity index (χ0v) is 17.0. The molecule has 3 aliphatic heterocycles. The van der Waals surface area contributed by atoms with Crippen LogP contribution in [0.3, 0.4) is 0 Å². The predicted molar refractivity (Wildman–Crippen MR) is 109 cm³/mol. The van der Waals surface area contributed by atoms with Gasteiger partial charge in [0.05, 0.1) is 19.3 Å². The number of halogens is 1. The van der Waals surface area contributed by atoms with Crippen LogP contribution in [0.25, 0.3) is 0 Å². The number of ether oxygens (including phenoxy) is 1. The molecule has 3 aliphatic rings. The number of methoxy groups -OCH3 is 1. The highest BCUT2D eigenvalue weighted by molar-refractivity contribution is 6.31. The molecule has 3 saturated heterocycles. The average molecular weight is 402 g/mol. The minimum Gasteiger partial charge on any atom is -0.495 e. The van der Waals surface area contributed by atoms with Crippen LogP contribution in [-0.2, 0) is 4.79 Å². The average Bonchev–Trinajstić information content (AvgIpc) is 2.65. The van der Waals surface area contributed by atoms with Crippen molar-refractivity contribution in [1.82, 2.24) is 14.9 Å². The van der Waals surface area contributed by atoms with Crippen molar-refractivity contribution in [2.75, 3.05) is 37.0 Å². The number of nitrogens with zero attached hydrogens (tertiary/aromatic N) is 4. The zero-order valence-electron chi connectivity index (χ0n) is 16.3. The molecule has 28 heavy (non-hydrogen) atoms. The first-order chi connectivity index (χ1) is 13.4. The van der Waals surface area contributed by atoms with Gasteiger partial charge in [0.1, 0.15) is 17.4 Å². The summed E-state index contributed by atoms with van der Waals surface area (Å²) in [5, 5.41) is 3.48. The molecule has 1 amide bonds. The molecule has 1 N–H and O–H groups in total. The highest BCUT2D eigenvalue weighted by atomic mass is 35.5. The molecule has 2 unspecified atom stereocenters. The number of carbonyl (C=O) groups excluding carboxylic acids is 1. The Labute approximate surface area is 169 Å². The third-order valence-electron chi connectivity index (χ3n) is 5.38. The first kappa shape index (κ1) is 19.0. The third-order valence-corrected chi connectivity index (χ3v) is 5.62. The number of fused-ring (bicyclic) bond motifs is 2. The maximum atomic E-state index is 12.6. The van der Waals surface area contributed by atoms with E-state index >= 15 is 0 Å². The van der Waals surface area contributed by atoms with E-state index in [1.807, 2.05) is 19.9 Å². The first-order valence-corrected chi connectivity index (χ1v) is 9.77. The molecule has 2 atom stereocenters. The molecule has 7 nitrogen and oxygen atoms in total. The maximum Gasteiger partial charge on any atom is 0.238 e. The smallest absolute Gasteiger partial charge is 0.238 e. The van der Waals surface area contributed by atoms with Gasteiger partial charge in [0.25, 0.3) is 0 Å². The molecular formula is C20H24ClN5O2. The van der Waals surface area contributed by atoms with E-state index in [1.54, 1.807) is 25.3 Å². The molecule has 3 fully saturated rings. The monoisotopic (exact) mass is 401 g/mol. The fourth-order valence-electron chi connectivity index (χ4n) is 4.13. The Morgan fingerprint density at radius 2 is 2.00 bits per heavy atom. The van der Waals surface area contributed by atoms with Crippen molar-refractivity contribution >= 4 is 29.0 Å². The largest absolute Gasteiger partial charge is 0.495 e. The van der Waals surface area contributed by atoms with Crippen LogP contribution >= 0.6 is 11.6 Å². The van der Waals surface area contributed by atoms with E-state index in [4.69, 9.17) is 16.3 Å². The topological polar surface area (TPSA) is 70.6 Å². The number of hydrogen-bond acceptors (Lipinski definition) is 6. The lowest BCUT2D eigenvalue weighted by molar-refractivity contribution is -0.121. The number of hydrogen-bond donors (Lipinski definition) is 1. The summed E-state index contributed by atoms with van der Waals surface area (Å²) in [7, 11) is 1.57. The fourth-order valence-corrected chi connectivity index (χ4v) is 4.30. The summed E-state index contributed by atoms with van der Waals surface area (Å²) < 4.78 is 5.30. The number of amides is 1. The van der Waals surface area contributed by atoms with E-state index in [9.17, 15) is 4.79 Å². The summed E-state index contributed by atoms with van der Waals surface area (Å²) in [6.45, 7) is 6.02. The van der Waals surface area contributed by atoms with Crippen LogP contribution in [0, 0.1) is 13.8 Å². The molecule has 1 aromatic heterocycles.